The maximum absolute atomic E-state index is 5.97. The molecule has 0 aromatic heterocycles. The van der Waals surface area contributed by atoms with Gasteiger partial charge in [0.1, 0.15) is 12.4 Å². The third kappa shape index (κ3) is 5.11. The van der Waals surface area contributed by atoms with Gasteiger partial charge in [0.2, 0.25) is 0 Å². The number of nitrogens with one attached hydrogen (secondary N) is 1. The van der Waals surface area contributed by atoms with Crippen LogP contribution in [-0.2, 0) is 6.42 Å². The van der Waals surface area contributed by atoms with Crippen molar-refractivity contribution >= 4 is 11.6 Å². The van der Waals surface area contributed by atoms with Crippen molar-refractivity contribution in [1.82, 2.24) is 5.32 Å². The van der Waals surface area contributed by atoms with E-state index >= 15 is 0 Å². The monoisotopic (exact) mass is 267 g/mol. The molecule has 1 aromatic carbocycles. The summed E-state index contributed by atoms with van der Waals surface area (Å²) in [6, 6.07) is 6.24. The highest BCUT2D eigenvalue weighted by molar-refractivity contribution is 6.30. The maximum atomic E-state index is 5.97. The fraction of sp³-hybridized carbons (Fsp3) is 0.467. The first-order valence-corrected chi connectivity index (χ1v) is 6.80. The Bertz CT molecular complexity index is 379. The number of hydrogen-bond acceptors (Lipinski definition) is 2. The SMILES string of the molecule is C=CCc1cc(Cl)ccc1OCCN[C@H](C)CC. The average Bonchev–Trinajstić information content (AvgIpc) is 2.36. The minimum absolute atomic E-state index is 0.534. The normalized spacial score (nSPS) is 12.2. The third-order valence-corrected chi connectivity index (χ3v) is 3.09. The van der Waals surface area contributed by atoms with Gasteiger partial charge in [-0.05, 0) is 43.5 Å². The lowest BCUT2D eigenvalue weighted by atomic mass is 10.1. The summed E-state index contributed by atoms with van der Waals surface area (Å²) < 4.78 is 5.77. The first-order valence-electron chi connectivity index (χ1n) is 6.42. The van der Waals surface area contributed by atoms with E-state index in [1.807, 2.05) is 24.3 Å². The average molecular weight is 268 g/mol. The summed E-state index contributed by atoms with van der Waals surface area (Å²) in [4.78, 5) is 0. The fourth-order valence-corrected chi connectivity index (χ4v) is 1.81. The van der Waals surface area contributed by atoms with Gasteiger partial charge in [0.25, 0.3) is 0 Å². The van der Waals surface area contributed by atoms with Crippen molar-refractivity contribution in [3.05, 3.63) is 41.4 Å². The minimum atomic E-state index is 0.534. The highest BCUT2D eigenvalue weighted by atomic mass is 35.5. The van der Waals surface area contributed by atoms with Crippen LogP contribution in [-0.4, -0.2) is 19.2 Å². The second-order valence-corrected chi connectivity index (χ2v) is 4.79. The standard InChI is InChI=1S/C15H22ClNO/c1-4-6-13-11-14(16)7-8-15(13)18-10-9-17-12(3)5-2/h4,7-8,11-12,17H,1,5-6,9-10H2,2-3H3/t12-/m1/s1. The smallest absolute Gasteiger partial charge is 0.122 e. The summed E-state index contributed by atoms with van der Waals surface area (Å²) in [6.07, 6.45) is 3.76. The molecule has 0 aliphatic heterocycles. The van der Waals surface area contributed by atoms with E-state index in [2.05, 4.69) is 25.7 Å². The Morgan fingerprint density at radius 3 is 2.94 bits per heavy atom. The van der Waals surface area contributed by atoms with E-state index in [1.54, 1.807) is 0 Å². The Kier molecular flexibility index (Phi) is 6.84. The van der Waals surface area contributed by atoms with E-state index in [4.69, 9.17) is 16.3 Å². The van der Waals surface area contributed by atoms with Crippen LogP contribution in [0.2, 0.25) is 5.02 Å². The summed E-state index contributed by atoms with van der Waals surface area (Å²) in [6.45, 7) is 9.60. The van der Waals surface area contributed by atoms with E-state index < -0.39 is 0 Å². The molecule has 0 fully saturated rings. The molecule has 0 amide bonds. The quantitative estimate of drug-likeness (QED) is 0.571. The number of hydrogen-bond donors (Lipinski definition) is 1. The molecular weight excluding hydrogens is 246 g/mol. The Balaban J connectivity index is 2.48. The second-order valence-electron chi connectivity index (χ2n) is 4.36. The van der Waals surface area contributed by atoms with Crippen LogP contribution in [0.3, 0.4) is 0 Å². The first kappa shape index (κ1) is 15.1. The number of ether oxygens (including phenoxy) is 1. The summed E-state index contributed by atoms with van der Waals surface area (Å²) in [7, 11) is 0. The molecule has 3 heteroatoms. The third-order valence-electron chi connectivity index (χ3n) is 2.85. The predicted octanol–water partition coefficient (Wildman–Crippen LogP) is 3.84. The van der Waals surface area contributed by atoms with E-state index in [-0.39, 0.29) is 0 Å². The molecule has 18 heavy (non-hydrogen) atoms. The van der Waals surface area contributed by atoms with Crippen LogP contribution >= 0.6 is 11.6 Å². The second kappa shape index (κ2) is 8.17. The molecular formula is C15H22ClNO. The molecule has 0 aliphatic carbocycles. The molecule has 0 saturated carbocycles. The van der Waals surface area contributed by atoms with Gasteiger partial charge in [0.15, 0.2) is 0 Å². The van der Waals surface area contributed by atoms with Crippen molar-refractivity contribution in [2.75, 3.05) is 13.2 Å². The lowest BCUT2D eigenvalue weighted by Gasteiger charge is -2.14. The van der Waals surface area contributed by atoms with Crippen molar-refractivity contribution in [2.45, 2.75) is 32.7 Å². The van der Waals surface area contributed by atoms with Crippen molar-refractivity contribution in [2.24, 2.45) is 0 Å². The summed E-state index contributed by atoms with van der Waals surface area (Å²) >= 11 is 5.97. The molecule has 2 nitrogen and oxygen atoms in total. The summed E-state index contributed by atoms with van der Waals surface area (Å²) in [5.41, 5.74) is 1.08. The van der Waals surface area contributed by atoms with Gasteiger partial charge >= 0.3 is 0 Å². The zero-order valence-electron chi connectivity index (χ0n) is 11.2. The molecule has 100 valence electrons. The van der Waals surface area contributed by atoms with Gasteiger partial charge < -0.3 is 10.1 Å². The van der Waals surface area contributed by atoms with Gasteiger partial charge in [0.05, 0.1) is 0 Å². The number of benzene rings is 1. The van der Waals surface area contributed by atoms with Crippen LogP contribution in [0.5, 0.6) is 5.75 Å². The lowest BCUT2D eigenvalue weighted by molar-refractivity contribution is 0.304. The first-order chi connectivity index (χ1) is 8.67. The highest BCUT2D eigenvalue weighted by Gasteiger charge is 2.04. The van der Waals surface area contributed by atoms with Gasteiger partial charge in [-0.1, -0.05) is 24.6 Å². The molecule has 1 aromatic rings. The van der Waals surface area contributed by atoms with Gasteiger partial charge in [-0.3, -0.25) is 0 Å². The molecule has 0 spiro atoms. The van der Waals surface area contributed by atoms with Gasteiger partial charge in [-0.15, -0.1) is 6.58 Å². The molecule has 0 saturated heterocycles. The molecule has 1 atom stereocenters. The van der Waals surface area contributed by atoms with Crippen molar-refractivity contribution in [3.8, 4) is 5.75 Å². The summed E-state index contributed by atoms with van der Waals surface area (Å²) in [5, 5.41) is 4.13. The Morgan fingerprint density at radius 2 is 2.28 bits per heavy atom. The Labute approximate surface area is 115 Å². The van der Waals surface area contributed by atoms with Crippen LogP contribution in [0.15, 0.2) is 30.9 Å². The van der Waals surface area contributed by atoms with Crippen LogP contribution < -0.4 is 10.1 Å². The van der Waals surface area contributed by atoms with Gasteiger partial charge in [-0.25, -0.2) is 0 Å². The van der Waals surface area contributed by atoms with Crippen molar-refractivity contribution in [1.29, 1.82) is 0 Å². The summed E-state index contributed by atoms with van der Waals surface area (Å²) in [5.74, 6) is 0.894. The molecule has 1 rings (SSSR count). The highest BCUT2D eigenvalue weighted by Crippen LogP contribution is 2.23. The van der Waals surface area contributed by atoms with Crippen LogP contribution in [0.25, 0.3) is 0 Å². The predicted molar refractivity (Wildman–Crippen MR) is 78.6 cm³/mol. The largest absolute Gasteiger partial charge is 0.492 e. The minimum Gasteiger partial charge on any atom is -0.492 e. The number of allylic oxidation sites excluding steroid dienone is 1. The molecule has 0 aliphatic rings. The zero-order chi connectivity index (χ0) is 13.4. The van der Waals surface area contributed by atoms with Gasteiger partial charge in [-0.2, -0.15) is 0 Å². The van der Waals surface area contributed by atoms with Gasteiger partial charge in [0, 0.05) is 17.6 Å². The lowest BCUT2D eigenvalue weighted by Crippen LogP contribution is -2.29. The molecule has 0 radical (unpaired) electrons. The Morgan fingerprint density at radius 1 is 1.50 bits per heavy atom. The van der Waals surface area contributed by atoms with E-state index in [0.717, 1.165) is 35.7 Å². The van der Waals surface area contributed by atoms with Crippen molar-refractivity contribution in [3.63, 3.8) is 0 Å². The topological polar surface area (TPSA) is 21.3 Å². The molecule has 1 N–H and O–H groups in total. The molecule has 0 heterocycles. The molecule has 0 unspecified atom stereocenters. The van der Waals surface area contributed by atoms with Crippen molar-refractivity contribution < 1.29 is 4.74 Å². The number of rotatable bonds is 8. The van der Waals surface area contributed by atoms with E-state index in [9.17, 15) is 0 Å². The van der Waals surface area contributed by atoms with Crippen LogP contribution in [0.1, 0.15) is 25.8 Å². The zero-order valence-corrected chi connectivity index (χ0v) is 12.0. The Hall–Kier alpha value is -0.990. The van der Waals surface area contributed by atoms with Crippen LogP contribution in [0, 0.1) is 0 Å². The molecule has 0 bridgehead atoms. The van der Waals surface area contributed by atoms with Crippen LogP contribution in [0.4, 0.5) is 0 Å². The van der Waals surface area contributed by atoms with E-state index in [1.165, 1.54) is 0 Å². The number of halogens is 1. The fourth-order valence-electron chi connectivity index (χ4n) is 1.61. The van der Waals surface area contributed by atoms with E-state index in [0.29, 0.717) is 12.6 Å². The maximum Gasteiger partial charge on any atom is 0.122 e.